The van der Waals surface area contributed by atoms with Crippen LogP contribution in [0.15, 0.2) is 24.3 Å². The fourth-order valence-corrected chi connectivity index (χ4v) is 1.85. The molecule has 0 aliphatic heterocycles. The molecule has 0 aliphatic carbocycles. The Hall–Kier alpha value is -1.59. The molecule has 118 valence electrons. The Balaban J connectivity index is 2.13. The van der Waals surface area contributed by atoms with Crippen molar-refractivity contribution in [2.75, 3.05) is 33.3 Å². The van der Waals surface area contributed by atoms with Crippen molar-refractivity contribution in [2.45, 2.75) is 26.3 Å². The number of ether oxygens (including phenoxy) is 1. The highest BCUT2D eigenvalue weighted by Crippen LogP contribution is 2.11. The summed E-state index contributed by atoms with van der Waals surface area (Å²) in [6, 6.07) is 7.06. The van der Waals surface area contributed by atoms with Crippen molar-refractivity contribution in [2.24, 2.45) is 0 Å². The van der Waals surface area contributed by atoms with Gasteiger partial charge in [-0.25, -0.2) is 4.79 Å². The third kappa shape index (κ3) is 6.60. The lowest BCUT2D eigenvalue weighted by atomic mass is 10.2. The first-order chi connectivity index (χ1) is 10.0. The Morgan fingerprint density at radius 3 is 2.57 bits per heavy atom. The van der Waals surface area contributed by atoms with E-state index >= 15 is 0 Å². The molecule has 1 aromatic rings. The van der Waals surface area contributed by atoms with E-state index in [1.807, 2.05) is 0 Å². The van der Waals surface area contributed by atoms with Gasteiger partial charge in [0.05, 0.1) is 5.56 Å². The van der Waals surface area contributed by atoms with E-state index in [2.05, 4.69) is 31.1 Å². The van der Waals surface area contributed by atoms with Crippen LogP contribution in [0.3, 0.4) is 0 Å². The van der Waals surface area contributed by atoms with Crippen LogP contribution in [0.4, 0.5) is 0 Å². The van der Waals surface area contributed by atoms with Crippen LogP contribution in [-0.4, -0.2) is 55.3 Å². The van der Waals surface area contributed by atoms with E-state index in [0.717, 1.165) is 26.1 Å². The number of hydrogen-bond donors (Lipinski definition) is 2. The average molecular weight is 294 g/mol. The zero-order valence-electron chi connectivity index (χ0n) is 13.1. The number of carboxylic acid groups (broad SMARTS) is 1. The summed E-state index contributed by atoms with van der Waals surface area (Å²) in [7, 11) is 2.14. The smallest absolute Gasteiger partial charge is 0.335 e. The van der Waals surface area contributed by atoms with E-state index in [9.17, 15) is 4.79 Å². The first-order valence-electron chi connectivity index (χ1n) is 7.41. The minimum atomic E-state index is -0.923. The van der Waals surface area contributed by atoms with E-state index in [0.29, 0.717) is 18.4 Å². The van der Waals surface area contributed by atoms with Crippen molar-refractivity contribution in [1.82, 2.24) is 10.2 Å². The van der Waals surface area contributed by atoms with Crippen molar-refractivity contribution in [1.29, 1.82) is 0 Å². The number of hydrogen-bond acceptors (Lipinski definition) is 4. The molecule has 0 saturated carbocycles. The Morgan fingerprint density at radius 2 is 2.00 bits per heavy atom. The van der Waals surface area contributed by atoms with Crippen LogP contribution in [0.25, 0.3) is 0 Å². The highest BCUT2D eigenvalue weighted by atomic mass is 16.5. The van der Waals surface area contributed by atoms with E-state index in [4.69, 9.17) is 9.84 Å². The molecule has 2 N–H and O–H groups in total. The van der Waals surface area contributed by atoms with Crippen LogP contribution in [0.1, 0.15) is 30.6 Å². The number of carboxylic acids is 1. The summed E-state index contributed by atoms with van der Waals surface area (Å²) >= 11 is 0. The quantitative estimate of drug-likeness (QED) is 0.647. The molecule has 1 unspecified atom stereocenters. The molecule has 0 bridgehead atoms. The summed E-state index contributed by atoms with van der Waals surface area (Å²) in [5.74, 6) is -0.229. The normalized spacial score (nSPS) is 12.4. The predicted octanol–water partition coefficient (Wildman–Crippen LogP) is 2.08. The molecular formula is C16H26N2O3. The van der Waals surface area contributed by atoms with Crippen LogP contribution in [0.2, 0.25) is 0 Å². The zero-order valence-corrected chi connectivity index (χ0v) is 13.1. The molecule has 5 nitrogen and oxygen atoms in total. The number of carbonyl (C=O) groups is 1. The molecule has 0 saturated heterocycles. The van der Waals surface area contributed by atoms with Gasteiger partial charge in [-0.05, 0) is 44.7 Å². The molecule has 1 rings (SSSR count). The first kappa shape index (κ1) is 17.5. The van der Waals surface area contributed by atoms with Crippen molar-refractivity contribution < 1.29 is 14.6 Å². The van der Waals surface area contributed by atoms with E-state index in [1.165, 1.54) is 0 Å². The molecule has 0 radical (unpaired) electrons. The lowest BCUT2D eigenvalue weighted by Gasteiger charge is -2.23. The van der Waals surface area contributed by atoms with Crippen LogP contribution in [0, 0.1) is 0 Å². The Labute approximate surface area is 126 Å². The van der Waals surface area contributed by atoms with Gasteiger partial charge in [-0.2, -0.15) is 0 Å². The first-order valence-corrected chi connectivity index (χ1v) is 7.41. The molecule has 5 heteroatoms. The van der Waals surface area contributed by atoms with Gasteiger partial charge in [-0.15, -0.1) is 0 Å². The minimum Gasteiger partial charge on any atom is -0.492 e. The summed E-state index contributed by atoms with van der Waals surface area (Å²) in [6.45, 7) is 7.71. The summed E-state index contributed by atoms with van der Waals surface area (Å²) in [6.07, 6.45) is 1.16. The Morgan fingerprint density at radius 1 is 1.33 bits per heavy atom. The number of nitrogens with zero attached hydrogens (tertiary/aromatic N) is 1. The van der Waals surface area contributed by atoms with E-state index in [-0.39, 0.29) is 5.56 Å². The van der Waals surface area contributed by atoms with Crippen LogP contribution in [-0.2, 0) is 0 Å². The highest BCUT2D eigenvalue weighted by Gasteiger charge is 2.05. The Kier molecular flexibility index (Phi) is 7.79. The molecule has 0 heterocycles. The maximum atomic E-state index is 10.7. The second-order valence-electron chi connectivity index (χ2n) is 5.17. The van der Waals surface area contributed by atoms with Gasteiger partial charge in [0.15, 0.2) is 0 Å². The fourth-order valence-electron chi connectivity index (χ4n) is 1.85. The maximum absolute atomic E-state index is 10.7. The molecule has 21 heavy (non-hydrogen) atoms. The van der Waals surface area contributed by atoms with Gasteiger partial charge in [0, 0.05) is 25.7 Å². The zero-order chi connectivity index (χ0) is 15.7. The van der Waals surface area contributed by atoms with Crippen molar-refractivity contribution in [3.8, 4) is 5.75 Å². The summed E-state index contributed by atoms with van der Waals surface area (Å²) in [5, 5.41) is 12.1. The van der Waals surface area contributed by atoms with E-state index < -0.39 is 5.97 Å². The van der Waals surface area contributed by atoms with Gasteiger partial charge < -0.3 is 20.1 Å². The number of benzene rings is 1. The minimum absolute atomic E-state index is 0.272. The molecular weight excluding hydrogens is 268 g/mol. The van der Waals surface area contributed by atoms with Gasteiger partial charge >= 0.3 is 5.97 Å². The monoisotopic (exact) mass is 294 g/mol. The number of rotatable bonds is 10. The topological polar surface area (TPSA) is 61.8 Å². The standard InChI is InChI=1S/C16H26N2O3/c1-4-13(2)18(3)11-9-17-10-12-21-15-7-5-14(6-8-15)16(19)20/h5-8,13,17H,4,9-12H2,1-3H3,(H,19,20). The molecule has 1 atom stereocenters. The number of nitrogens with one attached hydrogen (secondary N) is 1. The van der Waals surface area contributed by atoms with Crippen LogP contribution in [0.5, 0.6) is 5.75 Å². The van der Waals surface area contributed by atoms with Gasteiger partial charge in [0.1, 0.15) is 12.4 Å². The van der Waals surface area contributed by atoms with Gasteiger partial charge in [0.2, 0.25) is 0 Å². The molecule has 0 amide bonds. The SMILES string of the molecule is CCC(C)N(C)CCNCCOc1ccc(C(=O)O)cc1. The summed E-state index contributed by atoms with van der Waals surface area (Å²) in [4.78, 5) is 13.0. The van der Waals surface area contributed by atoms with Gasteiger partial charge in [-0.1, -0.05) is 6.92 Å². The molecule has 0 fully saturated rings. The van der Waals surface area contributed by atoms with Gasteiger partial charge in [0.25, 0.3) is 0 Å². The van der Waals surface area contributed by atoms with Crippen molar-refractivity contribution in [3.05, 3.63) is 29.8 Å². The molecule has 0 aliphatic rings. The lowest BCUT2D eigenvalue weighted by Crippen LogP contribution is -2.36. The predicted molar refractivity (Wildman–Crippen MR) is 84.1 cm³/mol. The maximum Gasteiger partial charge on any atom is 0.335 e. The second kappa shape index (κ2) is 9.37. The highest BCUT2D eigenvalue weighted by molar-refractivity contribution is 5.87. The molecule has 1 aromatic carbocycles. The second-order valence-corrected chi connectivity index (χ2v) is 5.17. The number of aromatic carboxylic acids is 1. The Bertz CT molecular complexity index is 420. The summed E-state index contributed by atoms with van der Waals surface area (Å²) in [5.41, 5.74) is 0.272. The van der Waals surface area contributed by atoms with Crippen molar-refractivity contribution in [3.63, 3.8) is 0 Å². The fraction of sp³-hybridized carbons (Fsp3) is 0.562. The third-order valence-corrected chi connectivity index (χ3v) is 3.63. The van der Waals surface area contributed by atoms with Crippen LogP contribution >= 0.6 is 0 Å². The van der Waals surface area contributed by atoms with Crippen molar-refractivity contribution >= 4 is 5.97 Å². The van der Waals surface area contributed by atoms with Gasteiger partial charge in [-0.3, -0.25) is 0 Å². The van der Waals surface area contributed by atoms with Crippen LogP contribution < -0.4 is 10.1 Å². The van der Waals surface area contributed by atoms with E-state index in [1.54, 1.807) is 24.3 Å². The lowest BCUT2D eigenvalue weighted by molar-refractivity contribution is 0.0697. The third-order valence-electron chi connectivity index (χ3n) is 3.63. The number of likely N-dealkylation sites (N-methyl/N-ethyl adjacent to an activating group) is 1. The summed E-state index contributed by atoms with van der Waals surface area (Å²) < 4.78 is 5.55. The largest absolute Gasteiger partial charge is 0.492 e. The molecule has 0 aromatic heterocycles. The average Bonchev–Trinajstić information content (AvgIpc) is 2.50. The molecule has 0 spiro atoms.